The Morgan fingerprint density at radius 1 is 1.21 bits per heavy atom. The number of piperidine rings is 1. The lowest BCUT2D eigenvalue weighted by atomic mass is 9.96. The highest BCUT2D eigenvalue weighted by Crippen LogP contribution is 2.37. The van der Waals surface area contributed by atoms with Crippen molar-refractivity contribution in [1.82, 2.24) is 4.90 Å². The van der Waals surface area contributed by atoms with Crippen molar-refractivity contribution >= 4 is 20.9 Å². The summed E-state index contributed by atoms with van der Waals surface area (Å²) < 4.78 is 27.2. The van der Waals surface area contributed by atoms with Gasteiger partial charge in [-0.15, -0.1) is 0 Å². The number of likely N-dealkylation sites (tertiary alicyclic amines) is 1. The summed E-state index contributed by atoms with van der Waals surface area (Å²) in [4.78, 5) is 19.7. The van der Waals surface area contributed by atoms with Crippen LogP contribution in [-0.4, -0.2) is 29.6 Å². The van der Waals surface area contributed by atoms with Crippen molar-refractivity contribution in [3.8, 4) is 0 Å². The van der Waals surface area contributed by atoms with Crippen molar-refractivity contribution in [1.29, 1.82) is 0 Å². The van der Waals surface area contributed by atoms with Crippen molar-refractivity contribution in [2.45, 2.75) is 66.2 Å². The number of nitrogens with zero attached hydrogens (tertiary/aromatic N) is 2. The molecule has 0 radical (unpaired) electrons. The van der Waals surface area contributed by atoms with E-state index in [1.54, 1.807) is 27.4 Å². The molecule has 2 rings (SSSR count). The molecule has 1 aromatic rings. The summed E-state index contributed by atoms with van der Waals surface area (Å²) in [6.45, 7) is 11.5. The van der Waals surface area contributed by atoms with Gasteiger partial charge in [-0.3, -0.25) is 4.79 Å². The van der Waals surface area contributed by atoms with Gasteiger partial charge >= 0.3 is 0 Å². The predicted octanol–water partition coefficient (Wildman–Crippen LogP) is 5.81. The first-order valence-electron chi connectivity index (χ1n) is 10.4. The maximum absolute atomic E-state index is 13.6. The van der Waals surface area contributed by atoms with Crippen molar-refractivity contribution < 1.29 is 18.4 Å². The number of alkyl halides is 2. The van der Waals surface area contributed by atoms with Crippen LogP contribution in [0.5, 0.6) is 0 Å². The molecule has 2 unspecified atom stereocenters. The molecule has 1 amide bonds. The molecule has 29 heavy (non-hydrogen) atoms. The van der Waals surface area contributed by atoms with Gasteiger partial charge in [0.1, 0.15) is 6.61 Å². The fourth-order valence-electron chi connectivity index (χ4n) is 3.36. The van der Waals surface area contributed by atoms with E-state index in [0.29, 0.717) is 37.4 Å². The minimum atomic E-state index is -2.99. The first-order valence-corrected chi connectivity index (χ1v) is 11.0. The van der Waals surface area contributed by atoms with Crippen LogP contribution in [0.15, 0.2) is 29.4 Å². The summed E-state index contributed by atoms with van der Waals surface area (Å²) in [5.41, 5.74) is -1.79. The highest BCUT2D eigenvalue weighted by Gasteiger charge is 2.28. The van der Waals surface area contributed by atoms with E-state index >= 15 is 0 Å². The van der Waals surface area contributed by atoms with Gasteiger partial charge in [-0.2, -0.15) is 8.78 Å². The van der Waals surface area contributed by atoms with Crippen LogP contribution < -0.4 is 0 Å². The summed E-state index contributed by atoms with van der Waals surface area (Å²) in [5, 5.41) is 4.12. The normalized spacial score (nSPS) is 15.5. The van der Waals surface area contributed by atoms with Crippen molar-refractivity contribution in [2.75, 3.05) is 13.1 Å². The van der Waals surface area contributed by atoms with Gasteiger partial charge in [-0.05, 0) is 12.3 Å². The molecule has 1 saturated heterocycles. The van der Waals surface area contributed by atoms with Gasteiger partial charge in [-0.1, -0.05) is 73.3 Å². The van der Waals surface area contributed by atoms with E-state index in [9.17, 15) is 13.6 Å². The Hall–Kier alpha value is -1.55. The Morgan fingerprint density at radius 3 is 2.34 bits per heavy atom. The summed E-state index contributed by atoms with van der Waals surface area (Å²) in [7, 11) is 1.55. The second-order valence-electron chi connectivity index (χ2n) is 7.57. The molecule has 1 fully saturated rings. The summed E-state index contributed by atoms with van der Waals surface area (Å²) in [6.07, 6.45) is 2.20. The molecule has 0 aliphatic carbocycles. The predicted molar refractivity (Wildman–Crippen MR) is 118 cm³/mol. The number of hydrogen-bond donors (Lipinski definition) is 0. The van der Waals surface area contributed by atoms with E-state index in [1.807, 2.05) is 25.7 Å². The summed E-state index contributed by atoms with van der Waals surface area (Å²) >= 11 is 0. The highest BCUT2D eigenvalue weighted by atomic mass is 31.0. The van der Waals surface area contributed by atoms with Crippen LogP contribution in [0.25, 0.3) is 0 Å². The molecule has 0 saturated carbocycles. The monoisotopic (exact) mass is 428 g/mol. The minimum absolute atomic E-state index is 0.00225. The number of carbonyl (C=O) groups is 1. The van der Waals surface area contributed by atoms with Crippen molar-refractivity contribution in [2.24, 2.45) is 17.0 Å². The number of oxime groups is 1. The fourth-order valence-corrected chi connectivity index (χ4v) is 3.64. The van der Waals surface area contributed by atoms with Crippen molar-refractivity contribution in [3.63, 3.8) is 0 Å². The zero-order valence-corrected chi connectivity index (χ0v) is 19.4. The summed E-state index contributed by atoms with van der Waals surface area (Å²) in [5.74, 6) is 0.723. The standard InChI is InChI=1S/C20H29F2N2O2P.C2H6/c1-14(2)12-15(3)19(25)24-10-8-17(9-11-24)23-26-13-16-6-4-5-7-18(16)20(21,22)27;1-2/h4-7,14-15H,8-13,27H2,1-3H3;1-2H3. The molecule has 1 heterocycles. The van der Waals surface area contributed by atoms with E-state index in [1.165, 1.54) is 6.07 Å². The van der Waals surface area contributed by atoms with Crippen LogP contribution in [0.4, 0.5) is 8.78 Å². The third kappa shape index (κ3) is 8.38. The second-order valence-corrected chi connectivity index (χ2v) is 8.29. The maximum atomic E-state index is 13.6. The minimum Gasteiger partial charge on any atom is -0.391 e. The van der Waals surface area contributed by atoms with Gasteiger partial charge in [0.25, 0.3) is 5.66 Å². The van der Waals surface area contributed by atoms with Crippen LogP contribution in [0, 0.1) is 11.8 Å². The average Bonchev–Trinajstić information content (AvgIpc) is 2.68. The molecule has 164 valence electrons. The highest BCUT2D eigenvalue weighted by molar-refractivity contribution is 7.17. The van der Waals surface area contributed by atoms with Gasteiger partial charge < -0.3 is 9.74 Å². The smallest absolute Gasteiger partial charge is 0.284 e. The maximum Gasteiger partial charge on any atom is 0.284 e. The zero-order valence-electron chi connectivity index (χ0n) is 18.3. The Kier molecular flexibility index (Phi) is 10.7. The fraction of sp³-hybridized carbons (Fsp3) is 0.636. The molecule has 0 aromatic heterocycles. The molecular weight excluding hydrogens is 393 g/mol. The molecule has 0 bridgehead atoms. The first kappa shape index (κ1) is 25.5. The SMILES string of the molecule is CC.CC(C)CC(C)C(=O)N1CCC(=NOCc2ccccc2C(F)(F)P)CC1. The largest absolute Gasteiger partial charge is 0.391 e. The lowest BCUT2D eigenvalue weighted by Crippen LogP contribution is -2.41. The molecule has 1 aliphatic heterocycles. The summed E-state index contributed by atoms with van der Waals surface area (Å²) in [6, 6.07) is 6.29. The second kappa shape index (κ2) is 12.2. The molecule has 7 heteroatoms. The number of hydrogen-bond acceptors (Lipinski definition) is 3. The number of benzene rings is 1. The molecule has 1 aromatic carbocycles. The van der Waals surface area contributed by atoms with E-state index < -0.39 is 5.66 Å². The molecule has 2 atom stereocenters. The molecular formula is C22H35F2N2O2P. The third-order valence-electron chi connectivity index (χ3n) is 4.69. The van der Waals surface area contributed by atoms with Gasteiger partial charge in [0.2, 0.25) is 5.91 Å². The van der Waals surface area contributed by atoms with E-state index in [0.717, 1.165) is 12.1 Å². The first-order chi connectivity index (χ1) is 13.7. The van der Waals surface area contributed by atoms with Crippen LogP contribution in [0.1, 0.15) is 65.0 Å². The quantitative estimate of drug-likeness (QED) is 0.406. The van der Waals surface area contributed by atoms with Crippen LogP contribution in [-0.2, 0) is 21.9 Å². The topological polar surface area (TPSA) is 41.9 Å². The van der Waals surface area contributed by atoms with Gasteiger partial charge in [-0.25, -0.2) is 0 Å². The van der Waals surface area contributed by atoms with E-state index in [4.69, 9.17) is 4.84 Å². The number of rotatable bonds is 7. The molecule has 1 aliphatic rings. The number of amides is 1. The van der Waals surface area contributed by atoms with E-state index in [-0.39, 0.29) is 24.0 Å². The van der Waals surface area contributed by atoms with Crippen molar-refractivity contribution in [3.05, 3.63) is 35.4 Å². The average molecular weight is 429 g/mol. The Morgan fingerprint density at radius 2 is 1.79 bits per heavy atom. The van der Waals surface area contributed by atoms with Crippen LogP contribution >= 0.6 is 9.24 Å². The molecule has 0 spiro atoms. The Balaban J connectivity index is 0.00000204. The lowest BCUT2D eigenvalue weighted by Gasteiger charge is -2.30. The third-order valence-corrected chi connectivity index (χ3v) is 5.00. The van der Waals surface area contributed by atoms with E-state index in [2.05, 4.69) is 19.0 Å². The van der Waals surface area contributed by atoms with Gasteiger partial charge in [0, 0.05) is 43.0 Å². The number of carbonyl (C=O) groups excluding carboxylic acids is 1. The molecule has 4 nitrogen and oxygen atoms in total. The lowest BCUT2D eigenvalue weighted by molar-refractivity contribution is -0.135. The van der Waals surface area contributed by atoms with Gasteiger partial charge in [0.05, 0.1) is 5.71 Å². The zero-order chi connectivity index (χ0) is 22.0. The Labute approximate surface area is 176 Å². The Bertz CT molecular complexity index is 665. The van der Waals surface area contributed by atoms with Crippen LogP contribution in [0.2, 0.25) is 0 Å². The molecule has 0 N–H and O–H groups in total. The van der Waals surface area contributed by atoms with Gasteiger partial charge in [0.15, 0.2) is 0 Å². The van der Waals surface area contributed by atoms with Crippen LogP contribution in [0.3, 0.4) is 0 Å². The number of halogens is 2.